The molecular formula is C21H34O. The summed E-state index contributed by atoms with van der Waals surface area (Å²) in [4.78, 5) is 12.5. The summed E-state index contributed by atoms with van der Waals surface area (Å²) in [6.07, 6.45) is 13.3. The van der Waals surface area contributed by atoms with Gasteiger partial charge in [-0.15, -0.1) is 0 Å². The van der Waals surface area contributed by atoms with Gasteiger partial charge in [0, 0.05) is 11.8 Å². The summed E-state index contributed by atoms with van der Waals surface area (Å²) in [6, 6.07) is 0. The molecule has 0 aliphatic heterocycles. The topological polar surface area (TPSA) is 17.1 Å². The quantitative estimate of drug-likeness (QED) is 0.614. The van der Waals surface area contributed by atoms with Crippen molar-refractivity contribution in [1.29, 1.82) is 0 Å². The van der Waals surface area contributed by atoms with Crippen LogP contribution in [-0.4, -0.2) is 5.78 Å². The lowest BCUT2D eigenvalue weighted by atomic mass is 9.43. The van der Waals surface area contributed by atoms with Crippen LogP contribution in [0.1, 0.15) is 85.0 Å². The van der Waals surface area contributed by atoms with E-state index in [9.17, 15) is 4.79 Å². The van der Waals surface area contributed by atoms with Crippen molar-refractivity contribution in [1.82, 2.24) is 0 Å². The van der Waals surface area contributed by atoms with Gasteiger partial charge >= 0.3 is 0 Å². The van der Waals surface area contributed by atoms with Crippen LogP contribution in [0.25, 0.3) is 0 Å². The fraction of sp³-hybridized carbons (Fsp3) is 0.952. The maximum absolute atomic E-state index is 12.5. The van der Waals surface area contributed by atoms with E-state index >= 15 is 0 Å². The van der Waals surface area contributed by atoms with E-state index in [1.807, 2.05) is 0 Å². The van der Waals surface area contributed by atoms with Crippen LogP contribution in [0.5, 0.6) is 0 Å². The van der Waals surface area contributed by atoms with Gasteiger partial charge in [0.15, 0.2) is 0 Å². The van der Waals surface area contributed by atoms with Crippen LogP contribution in [0, 0.1) is 40.4 Å². The van der Waals surface area contributed by atoms with E-state index in [1.165, 1.54) is 57.8 Å². The molecule has 0 saturated heterocycles. The molecule has 4 aliphatic carbocycles. The summed E-state index contributed by atoms with van der Waals surface area (Å²) in [5.74, 6) is 5.07. The molecule has 4 unspecified atom stereocenters. The van der Waals surface area contributed by atoms with E-state index in [4.69, 9.17) is 0 Å². The predicted molar refractivity (Wildman–Crippen MR) is 90.5 cm³/mol. The predicted octanol–water partition coefficient (Wildman–Crippen LogP) is 5.62. The molecule has 4 saturated carbocycles. The average molecular weight is 303 g/mol. The molecule has 1 heteroatoms. The maximum Gasteiger partial charge on any atom is 0.139 e. The number of carbonyl (C=O) groups is 1. The Morgan fingerprint density at radius 3 is 2.64 bits per heavy atom. The summed E-state index contributed by atoms with van der Waals surface area (Å²) in [7, 11) is 0. The Morgan fingerprint density at radius 2 is 1.86 bits per heavy atom. The van der Waals surface area contributed by atoms with Gasteiger partial charge in [-0.25, -0.2) is 0 Å². The SMILES string of the molecule is CC[C@]12CC[C@H](C)CC1CCC1C2CC[C@]2(C)C(=O)CCC12. The maximum atomic E-state index is 12.5. The first-order chi connectivity index (χ1) is 10.5. The summed E-state index contributed by atoms with van der Waals surface area (Å²) in [5.41, 5.74) is 0.702. The fourth-order valence-electron chi connectivity index (χ4n) is 7.75. The minimum absolute atomic E-state index is 0.0604. The molecule has 0 aromatic rings. The van der Waals surface area contributed by atoms with Crippen molar-refractivity contribution in [2.24, 2.45) is 40.4 Å². The van der Waals surface area contributed by atoms with Crippen LogP contribution in [0.2, 0.25) is 0 Å². The van der Waals surface area contributed by atoms with Crippen LogP contribution in [0.15, 0.2) is 0 Å². The first-order valence-corrected chi connectivity index (χ1v) is 10.0. The molecule has 0 amide bonds. The lowest BCUT2D eigenvalue weighted by Crippen LogP contribution is -2.54. The van der Waals surface area contributed by atoms with Gasteiger partial charge in [-0.3, -0.25) is 4.79 Å². The number of rotatable bonds is 1. The largest absolute Gasteiger partial charge is 0.299 e. The molecular weight excluding hydrogens is 268 g/mol. The third kappa shape index (κ3) is 1.86. The van der Waals surface area contributed by atoms with Crippen LogP contribution in [0.3, 0.4) is 0 Å². The molecule has 0 aromatic carbocycles. The molecule has 4 aliphatic rings. The highest BCUT2D eigenvalue weighted by Gasteiger charge is 2.60. The van der Waals surface area contributed by atoms with E-state index in [0.717, 1.165) is 36.0 Å². The minimum Gasteiger partial charge on any atom is -0.299 e. The van der Waals surface area contributed by atoms with E-state index < -0.39 is 0 Å². The molecule has 4 fully saturated rings. The molecule has 0 bridgehead atoms. The minimum atomic E-state index is 0.0604. The monoisotopic (exact) mass is 302 g/mol. The fourth-order valence-corrected chi connectivity index (χ4v) is 7.75. The molecule has 1 nitrogen and oxygen atoms in total. The second-order valence-electron chi connectivity index (χ2n) is 9.54. The van der Waals surface area contributed by atoms with Crippen molar-refractivity contribution in [3.63, 3.8) is 0 Å². The first kappa shape index (κ1) is 15.2. The highest BCUT2D eigenvalue weighted by atomic mass is 16.1. The summed E-state index contributed by atoms with van der Waals surface area (Å²) < 4.78 is 0. The standard InChI is InChI=1S/C21H34O/c1-4-21-12-9-14(2)13-15(21)5-6-16-17-7-8-19(22)20(17,3)11-10-18(16)21/h14-18H,4-13H2,1-3H3/t14-,15?,16?,17?,18?,20-,21-/m0/s1. The van der Waals surface area contributed by atoms with Gasteiger partial charge in [0.1, 0.15) is 5.78 Å². The molecule has 0 aromatic heterocycles. The Kier molecular flexibility index (Phi) is 3.51. The van der Waals surface area contributed by atoms with Crippen molar-refractivity contribution in [2.45, 2.75) is 85.0 Å². The molecule has 124 valence electrons. The molecule has 7 atom stereocenters. The van der Waals surface area contributed by atoms with E-state index in [2.05, 4.69) is 20.8 Å². The number of hydrogen-bond donors (Lipinski definition) is 0. The van der Waals surface area contributed by atoms with Crippen molar-refractivity contribution in [3.05, 3.63) is 0 Å². The summed E-state index contributed by atoms with van der Waals surface area (Å²) in [6.45, 7) is 7.26. The lowest BCUT2D eigenvalue weighted by molar-refractivity contribution is -0.143. The van der Waals surface area contributed by atoms with Crippen LogP contribution >= 0.6 is 0 Å². The van der Waals surface area contributed by atoms with Gasteiger partial charge in [-0.05, 0) is 86.4 Å². The van der Waals surface area contributed by atoms with Crippen molar-refractivity contribution in [2.75, 3.05) is 0 Å². The highest BCUT2D eigenvalue weighted by Crippen LogP contribution is 2.66. The van der Waals surface area contributed by atoms with Crippen LogP contribution in [0.4, 0.5) is 0 Å². The molecule has 4 rings (SSSR count). The zero-order valence-corrected chi connectivity index (χ0v) is 14.9. The molecule has 0 radical (unpaired) electrons. The van der Waals surface area contributed by atoms with Gasteiger partial charge in [-0.2, -0.15) is 0 Å². The Balaban J connectivity index is 1.66. The normalized spacial score (nSPS) is 54.5. The first-order valence-electron chi connectivity index (χ1n) is 10.0. The smallest absolute Gasteiger partial charge is 0.139 e. The number of hydrogen-bond acceptors (Lipinski definition) is 1. The third-order valence-electron chi connectivity index (χ3n) is 8.99. The number of fused-ring (bicyclic) bond motifs is 5. The second-order valence-corrected chi connectivity index (χ2v) is 9.54. The molecule has 0 spiro atoms. The van der Waals surface area contributed by atoms with E-state index in [0.29, 0.717) is 11.2 Å². The zero-order valence-electron chi connectivity index (χ0n) is 14.9. The van der Waals surface area contributed by atoms with Crippen LogP contribution in [-0.2, 0) is 4.79 Å². The molecule has 0 N–H and O–H groups in total. The third-order valence-corrected chi connectivity index (χ3v) is 8.99. The lowest BCUT2D eigenvalue weighted by Gasteiger charge is -2.61. The molecule has 22 heavy (non-hydrogen) atoms. The van der Waals surface area contributed by atoms with Gasteiger partial charge < -0.3 is 0 Å². The van der Waals surface area contributed by atoms with Gasteiger partial charge in [0.05, 0.1) is 0 Å². The number of ketones is 1. The number of Topliss-reactive ketones (excluding diaryl/α,β-unsaturated/α-hetero) is 1. The Labute approximate surface area is 136 Å². The Morgan fingerprint density at radius 1 is 1.05 bits per heavy atom. The molecule has 0 heterocycles. The number of carbonyl (C=O) groups excluding carboxylic acids is 1. The van der Waals surface area contributed by atoms with Crippen LogP contribution < -0.4 is 0 Å². The Bertz CT molecular complexity index is 469. The zero-order chi connectivity index (χ0) is 15.5. The van der Waals surface area contributed by atoms with Crippen molar-refractivity contribution in [3.8, 4) is 0 Å². The van der Waals surface area contributed by atoms with Gasteiger partial charge in [-0.1, -0.05) is 27.2 Å². The van der Waals surface area contributed by atoms with Crippen molar-refractivity contribution >= 4 is 5.78 Å². The van der Waals surface area contributed by atoms with Gasteiger partial charge in [0.25, 0.3) is 0 Å². The summed E-state index contributed by atoms with van der Waals surface area (Å²) >= 11 is 0. The average Bonchev–Trinajstić information content (AvgIpc) is 2.82. The van der Waals surface area contributed by atoms with E-state index in [1.54, 1.807) is 0 Å². The van der Waals surface area contributed by atoms with E-state index in [-0.39, 0.29) is 5.41 Å². The van der Waals surface area contributed by atoms with Crippen molar-refractivity contribution < 1.29 is 4.79 Å². The second kappa shape index (κ2) is 5.08. The summed E-state index contributed by atoms with van der Waals surface area (Å²) in [5, 5.41) is 0. The van der Waals surface area contributed by atoms with Gasteiger partial charge in [0.2, 0.25) is 0 Å². The highest BCUT2D eigenvalue weighted by molar-refractivity contribution is 5.87. The Hall–Kier alpha value is -0.330.